The Kier molecular flexibility index (Phi) is 9.19. The lowest BCUT2D eigenvalue weighted by Gasteiger charge is -2.46. The molecule has 3 N–H and O–H groups in total. The number of aliphatic carboxylic acids is 1. The molecule has 0 aromatic heterocycles. The zero-order valence-corrected chi connectivity index (χ0v) is 28.6. The molecule has 1 amide bonds. The van der Waals surface area contributed by atoms with E-state index in [2.05, 4.69) is 17.2 Å². The van der Waals surface area contributed by atoms with E-state index in [9.17, 15) is 34.2 Å². The SMILES string of the molecule is COC(=O)C(CC#Cc1ccc2c(c1)C1(C(=O)N2)C(C(=O)O)C2C(=O)OC(c3ccccc3)C(c3ccccc3)N2C1c1ccc(O)cc1)C(=O)OC. The number of amides is 1. The smallest absolute Gasteiger partial charge is 0.325 e. The number of aromatic hydroxyl groups is 1. The first kappa shape index (κ1) is 35.0. The van der Waals surface area contributed by atoms with Gasteiger partial charge in [-0.1, -0.05) is 84.6 Å². The highest BCUT2D eigenvalue weighted by Crippen LogP contribution is 2.64. The van der Waals surface area contributed by atoms with Gasteiger partial charge in [0.15, 0.2) is 5.92 Å². The maximum absolute atomic E-state index is 14.8. The summed E-state index contributed by atoms with van der Waals surface area (Å²) in [4.78, 5) is 69.1. The van der Waals surface area contributed by atoms with Crippen molar-refractivity contribution >= 4 is 35.5 Å². The molecule has 7 rings (SSSR count). The molecule has 0 saturated carbocycles. The molecule has 12 nitrogen and oxygen atoms in total. The summed E-state index contributed by atoms with van der Waals surface area (Å²) < 4.78 is 15.7. The number of hydrogen-bond acceptors (Lipinski definition) is 10. The van der Waals surface area contributed by atoms with Gasteiger partial charge in [0.25, 0.3) is 0 Å². The fraction of sp³-hybridized carbons (Fsp3) is 0.244. The standard InChI is InChI=1S/C41H34N2O10/c1-51-37(47)28(38(48)52-2)15-9-10-23-16-21-30-29(22-23)41(40(50)42-30)31(36(45)46)33-39(49)53-34(25-13-7-4-8-14-25)32(24-11-5-3-6-12-24)43(33)35(41)26-17-19-27(44)20-18-26/h3-8,11-14,16-22,28,31-35,44H,15H2,1-2H3,(H,42,50)(H,45,46). The van der Waals surface area contributed by atoms with Gasteiger partial charge in [-0.05, 0) is 52.6 Å². The second-order valence-electron chi connectivity index (χ2n) is 13.0. The molecule has 6 unspecified atom stereocenters. The molecule has 268 valence electrons. The van der Waals surface area contributed by atoms with Crippen LogP contribution in [0.2, 0.25) is 0 Å². The number of fused-ring (bicyclic) bond motifs is 3. The molecule has 3 aliphatic heterocycles. The number of methoxy groups -OCH3 is 2. The number of esters is 3. The Balaban J connectivity index is 1.46. The number of benzene rings is 4. The quantitative estimate of drug-likeness (QED) is 0.107. The third-order valence-corrected chi connectivity index (χ3v) is 10.3. The fourth-order valence-electron chi connectivity index (χ4n) is 8.11. The zero-order chi connectivity index (χ0) is 37.4. The Labute approximate surface area is 304 Å². The van der Waals surface area contributed by atoms with Crippen molar-refractivity contribution in [3.8, 4) is 17.6 Å². The molecular formula is C41H34N2O10. The topological polar surface area (TPSA) is 169 Å². The van der Waals surface area contributed by atoms with E-state index < -0.39 is 71.3 Å². The number of carbonyl (C=O) groups excluding carboxylic acids is 4. The molecule has 1 spiro atoms. The largest absolute Gasteiger partial charge is 0.508 e. The number of carbonyl (C=O) groups is 5. The first-order chi connectivity index (χ1) is 25.6. The number of morpholine rings is 1. The minimum absolute atomic E-state index is 0.0435. The predicted molar refractivity (Wildman–Crippen MR) is 188 cm³/mol. The first-order valence-electron chi connectivity index (χ1n) is 16.8. The van der Waals surface area contributed by atoms with Crippen molar-refractivity contribution in [3.05, 3.63) is 131 Å². The van der Waals surface area contributed by atoms with Crippen molar-refractivity contribution in [2.24, 2.45) is 11.8 Å². The van der Waals surface area contributed by atoms with Gasteiger partial charge < -0.3 is 29.7 Å². The Hall–Kier alpha value is -6.45. The summed E-state index contributed by atoms with van der Waals surface area (Å²) in [6.07, 6.45) is -1.11. The summed E-state index contributed by atoms with van der Waals surface area (Å²) in [5, 5.41) is 24.4. The van der Waals surface area contributed by atoms with Gasteiger partial charge in [0, 0.05) is 17.7 Å². The third kappa shape index (κ3) is 5.75. The van der Waals surface area contributed by atoms with E-state index in [0.717, 1.165) is 19.8 Å². The van der Waals surface area contributed by atoms with Crippen molar-refractivity contribution in [1.82, 2.24) is 4.90 Å². The van der Waals surface area contributed by atoms with Gasteiger partial charge in [-0.15, -0.1) is 0 Å². The van der Waals surface area contributed by atoms with Crippen LogP contribution in [0.5, 0.6) is 5.75 Å². The molecule has 0 bridgehead atoms. The van der Waals surface area contributed by atoms with Gasteiger partial charge in [-0.3, -0.25) is 28.9 Å². The molecular weight excluding hydrogens is 680 g/mol. The molecule has 53 heavy (non-hydrogen) atoms. The van der Waals surface area contributed by atoms with Crippen LogP contribution in [0.25, 0.3) is 0 Å². The lowest BCUT2D eigenvalue weighted by Crippen LogP contribution is -2.52. The van der Waals surface area contributed by atoms with Crippen LogP contribution in [0.3, 0.4) is 0 Å². The highest BCUT2D eigenvalue weighted by Gasteiger charge is 2.74. The van der Waals surface area contributed by atoms with E-state index in [1.807, 2.05) is 60.7 Å². The van der Waals surface area contributed by atoms with Crippen LogP contribution in [0.4, 0.5) is 5.69 Å². The molecule has 4 aromatic rings. The number of nitrogens with zero attached hydrogens (tertiary/aromatic N) is 1. The molecule has 0 aliphatic carbocycles. The summed E-state index contributed by atoms with van der Waals surface area (Å²) in [5.41, 5.74) is 0.959. The lowest BCUT2D eigenvalue weighted by molar-refractivity contribution is -0.179. The van der Waals surface area contributed by atoms with Crippen molar-refractivity contribution in [1.29, 1.82) is 0 Å². The normalized spacial score (nSPS) is 24.3. The summed E-state index contributed by atoms with van der Waals surface area (Å²) >= 11 is 0. The molecule has 3 aliphatic rings. The number of cyclic esters (lactones) is 1. The second kappa shape index (κ2) is 13.9. The average Bonchev–Trinajstić information content (AvgIpc) is 3.65. The Morgan fingerprint density at radius 2 is 1.47 bits per heavy atom. The summed E-state index contributed by atoms with van der Waals surface area (Å²) in [6.45, 7) is 0. The van der Waals surface area contributed by atoms with Crippen molar-refractivity contribution < 1.29 is 48.4 Å². The molecule has 2 saturated heterocycles. The Bertz CT molecular complexity index is 2150. The van der Waals surface area contributed by atoms with Gasteiger partial charge in [0.1, 0.15) is 29.2 Å². The fourth-order valence-corrected chi connectivity index (χ4v) is 8.11. The van der Waals surface area contributed by atoms with Crippen LogP contribution in [-0.4, -0.2) is 65.2 Å². The highest BCUT2D eigenvalue weighted by atomic mass is 16.6. The molecule has 2 fully saturated rings. The van der Waals surface area contributed by atoms with Gasteiger partial charge in [-0.25, -0.2) is 0 Å². The van der Waals surface area contributed by atoms with E-state index >= 15 is 0 Å². The molecule has 6 atom stereocenters. The molecule has 3 heterocycles. The number of carboxylic acids is 1. The molecule has 4 aromatic carbocycles. The number of ether oxygens (including phenoxy) is 3. The number of phenols is 1. The maximum Gasteiger partial charge on any atom is 0.325 e. The van der Waals surface area contributed by atoms with Crippen molar-refractivity contribution in [3.63, 3.8) is 0 Å². The number of anilines is 1. The average molecular weight is 715 g/mol. The minimum atomic E-state index is -1.92. The van der Waals surface area contributed by atoms with Crippen LogP contribution in [0, 0.1) is 23.7 Å². The number of nitrogens with one attached hydrogen (secondary N) is 1. The number of carboxylic acid groups (broad SMARTS) is 1. The second-order valence-corrected chi connectivity index (χ2v) is 13.0. The monoisotopic (exact) mass is 714 g/mol. The van der Waals surface area contributed by atoms with Crippen LogP contribution in [0.1, 0.15) is 52.4 Å². The summed E-state index contributed by atoms with van der Waals surface area (Å²) in [7, 11) is 2.29. The van der Waals surface area contributed by atoms with E-state index in [-0.39, 0.29) is 12.2 Å². The van der Waals surface area contributed by atoms with Gasteiger partial charge >= 0.3 is 23.9 Å². The maximum atomic E-state index is 14.8. The van der Waals surface area contributed by atoms with Crippen molar-refractivity contribution in [2.45, 2.75) is 36.1 Å². The zero-order valence-electron chi connectivity index (χ0n) is 28.6. The lowest BCUT2D eigenvalue weighted by atomic mass is 9.65. The minimum Gasteiger partial charge on any atom is -0.508 e. The Morgan fingerprint density at radius 3 is 2.08 bits per heavy atom. The van der Waals surface area contributed by atoms with E-state index in [1.165, 1.54) is 12.1 Å². The number of hydrogen-bond donors (Lipinski definition) is 3. The third-order valence-electron chi connectivity index (χ3n) is 10.3. The van der Waals surface area contributed by atoms with Gasteiger partial charge in [0.05, 0.1) is 26.3 Å². The highest BCUT2D eigenvalue weighted by molar-refractivity contribution is 6.11. The van der Waals surface area contributed by atoms with Crippen LogP contribution >= 0.6 is 0 Å². The van der Waals surface area contributed by atoms with E-state index in [4.69, 9.17) is 14.2 Å². The van der Waals surface area contributed by atoms with E-state index in [0.29, 0.717) is 27.9 Å². The van der Waals surface area contributed by atoms with Crippen LogP contribution in [-0.2, 0) is 43.6 Å². The van der Waals surface area contributed by atoms with Crippen LogP contribution in [0.15, 0.2) is 103 Å². The van der Waals surface area contributed by atoms with Gasteiger partial charge in [0.2, 0.25) is 5.91 Å². The summed E-state index contributed by atoms with van der Waals surface area (Å²) in [5.74, 6) is -1.68. The number of phenolic OH excluding ortho intramolecular Hbond substituents is 1. The predicted octanol–water partition coefficient (Wildman–Crippen LogP) is 4.45. The first-order valence-corrected chi connectivity index (χ1v) is 16.8. The van der Waals surface area contributed by atoms with Gasteiger partial charge in [-0.2, -0.15) is 0 Å². The van der Waals surface area contributed by atoms with Crippen LogP contribution < -0.4 is 5.32 Å². The summed E-state index contributed by atoms with van der Waals surface area (Å²) in [6, 6.07) is 26.1. The Morgan fingerprint density at radius 1 is 0.849 bits per heavy atom. The van der Waals surface area contributed by atoms with Crippen molar-refractivity contribution in [2.75, 3.05) is 19.5 Å². The number of rotatable bonds is 7. The molecule has 0 radical (unpaired) electrons. The van der Waals surface area contributed by atoms with E-state index in [1.54, 1.807) is 35.2 Å². The molecule has 12 heteroatoms.